The molecule has 0 radical (unpaired) electrons. The predicted molar refractivity (Wildman–Crippen MR) is 125 cm³/mol. The molecular weight excluding hydrogens is 372 g/mol. The summed E-state index contributed by atoms with van der Waals surface area (Å²) >= 11 is 0. The van der Waals surface area contributed by atoms with E-state index in [2.05, 4.69) is 42.9 Å². The lowest BCUT2D eigenvalue weighted by Gasteiger charge is -2.14. The van der Waals surface area contributed by atoms with Crippen molar-refractivity contribution in [2.24, 2.45) is 0 Å². The Morgan fingerprint density at radius 3 is 2.33 bits per heavy atom. The summed E-state index contributed by atoms with van der Waals surface area (Å²) in [5.41, 5.74) is 0.978. The molecule has 0 amide bonds. The number of aromatic nitrogens is 2. The van der Waals surface area contributed by atoms with Crippen LogP contribution in [0.1, 0.15) is 78.6 Å². The van der Waals surface area contributed by atoms with Crippen LogP contribution in [0.25, 0.3) is 11.4 Å². The molecule has 2 rings (SSSR count). The van der Waals surface area contributed by atoms with E-state index in [0.717, 1.165) is 55.8 Å². The number of allylic oxidation sites excluding steroid dienone is 2. The number of hydrogen-bond donors (Lipinski definition) is 0. The molecule has 0 bridgehead atoms. The van der Waals surface area contributed by atoms with E-state index in [1.807, 2.05) is 24.3 Å². The Bertz CT molecular complexity index is 711. The maximum atomic E-state index is 5.94. The first-order chi connectivity index (χ1) is 14.7. The van der Waals surface area contributed by atoms with Crippen LogP contribution in [0, 0.1) is 0 Å². The summed E-state index contributed by atoms with van der Waals surface area (Å²) in [6.45, 7) is 7.25. The monoisotopic (exact) mass is 410 g/mol. The summed E-state index contributed by atoms with van der Waals surface area (Å²) in [6.07, 6.45) is 18.8. The van der Waals surface area contributed by atoms with Crippen molar-refractivity contribution in [1.29, 1.82) is 0 Å². The average Bonchev–Trinajstić information content (AvgIpc) is 2.77. The summed E-state index contributed by atoms with van der Waals surface area (Å²) in [4.78, 5) is 8.94. The molecule has 0 fully saturated rings. The Morgan fingerprint density at radius 2 is 1.63 bits per heavy atom. The van der Waals surface area contributed by atoms with Crippen LogP contribution in [-0.4, -0.2) is 22.7 Å². The van der Waals surface area contributed by atoms with Gasteiger partial charge in [-0.25, -0.2) is 9.97 Å². The van der Waals surface area contributed by atoms with Gasteiger partial charge in [0.1, 0.15) is 5.75 Å². The zero-order valence-electron chi connectivity index (χ0n) is 19.0. The number of nitrogens with zero attached hydrogens (tertiary/aromatic N) is 2. The molecule has 0 N–H and O–H groups in total. The Morgan fingerprint density at radius 1 is 0.867 bits per heavy atom. The first-order valence-electron chi connectivity index (χ1n) is 11.6. The van der Waals surface area contributed by atoms with Crippen molar-refractivity contribution >= 4 is 0 Å². The van der Waals surface area contributed by atoms with Gasteiger partial charge in [-0.1, -0.05) is 45.3 Å². The molecule has 0 saturated heterocycles. The molecule has 1 atom stereocenters. The van der Waals surface area contributed by atoms with Gasteiger partial charge in [-0.3, -0.25) is 0 Å². The van der Waals surface area contributed by atoms with Gasteiger partial charge >= 0.3 is 0 Å². The van der Waals surface area contributed by atoms with Gasteiger partial charge in [-0.15, -0.1) is 0 Å². The lowest BCUT2D eigenvalue weighted by atomic mass is 10.1. The molecule has 0 aliphatic carbocycles. The third-order valence-corrected chi connectivity index (χ3v) is 4.98. The van der Waals surface area contributed by atoms with Crippen molar-refractivity contribution in [1.82, 2.24) is 9.97 Å². The third kappa shape index (κ3) is 9.43. The molecule has 1 heterocycles. The molecule has 1 aromatic carbocycles. The Labute approximate surface area is 182 Å². The minimum Gasteiger partial charge on any atom is -0.494 e. The number of rotatable bonds is 15. The zero-order valence-corrected chi connectivity index (χ0v) is 19.0. The topological polar surface area (TPSA) is 44.2 Å². The molecule has 1 aromatic heterocycles. The van der Waals surface area contributed by atoms with Gasteiger partial charge in [0, 0.05) is 5.56 Å². The van der Waals surface area contributed by atoms with Gasteiger partial charge in [0.2, 0.25) is 0 Å². The second kappa shape index (κ2) is 14.6. The largest absolute Gasteiger partial charge is 0.494 e. The highest BCUT2D eigenvalue weighted by Gasteiger charge is 2.07. The first-order valence-corrected chi connectivity index (χ1v) is 11.6. The standard InChI is InChI=1S/C26H38N2O2/c1-4-6-8-10-11-13-19-29-24-17-15-23(16-18-24)26-27-20-25(21-28-26)30-22(3)14-12-9-7-5-2/h6,8,15-18,20-22H,4-5,7,9-14,19H2,1-3H3/b8-6-/t22-/m0/s1. The minimum absolute atomic E-state index is 0.190. The van der Waals surface area contributed by atoms with Crippen molar-refractivity contribution in [3.63, 3.8) is 0 Å². The van der Waals surface area contributed by atoms with Gasteiger partial charge < -0.3 is 9.47 Å². The van der Waals surface area contributed by atoms with Crippen molar-refractivity contribution < 1.29 is 9.47 Å². The number of unbranched alkanes of at least 4 members (excludes halogenated alkanes) is 5. The lowest BCUT2D eigenvalue weighted by molar-refractivity contribution is 0.205. The highest BCUT2D eigenvalue weighted by Crippen LogP contribution is 2.21. The predicted octanol–water partition coefficient (Wildman–Crippen LogP) is 7.40. The molecule has 0 aliphatic heterocycles. The highest BCUT2D eigenvalue weighted by molar-refractivity contribution is 5.56. The average molecular weight is 411 g/mol. The highest BCUT2D eigenvalue weighted by atomic mass is 16.5. The summed E-state index contributed by atoms with van der Waals surface area (Å²) in [5, 5.41) is 0. The Kier molecular flexibility index (Phi) is 11.6. The second-order valence-electron chi connectivity index (χ2n) is 7.77. The van der Waals surface area contributed by atoms with Gasteiger partial charge in [0.15, 0.2) is 11.6 Å². The van der Waals surface area contributed by atoms with Crippen molar-refractivity contribution in [3.05, 3.63) is 48.8 Å². The first kappa shape index (κ1) is 23.9. The number of ether oxygens (including phenoxy) is 2. The van der Waals surface area contributed by atoms with E-state index in [9.17, 15) is 0 Å². The van der Waals surface area contributed by atoms with Crippen molar-refractivity contribution in [2.45, 2.75) is 84.7 Å². The van der Waals surface area contributed by atoms with Crippen molar-refractivity contribution in [3.8, 4) is 22.9 Å². The number of hydrogen-bond acceptors (Lipinski definition) is 4. The fourth-order valence-corrected chi connectivity index (χ4v) is 3.21. The maximum absolute atomic E-state index is 5.94. The third-order valence-electron chi connectivity index (χ3n) is 4.98. The van der Waals surface area contributed by atoms with Crippen LogP contribution in [0.2, 0.25) is 0 Å². The van der Waals surface area contributed by atoms with Crippen molar-refractivity contribution in [2.75, 3.05) is 6.61 Å². The van der Waals surface area contributed by atoms with Gasteiger partial charge in [0.05, 0.1) is 25.1 Å². The van der Waals surface area contributed by atoms with Gasteiger partial charge in [-0.2, -0.15) is 0 Å². The molecule has 30 heavy (non-hydrogen) atoms. The maximum Gasteiger partial charge on any atom is 0.159 e. The summed E-state index contributed by atoms with van der Waals surface area (Å²) in [7, 11) is 0. The van der Waals surface area contributed by atoms with E-state index in [1.54, 1.807) is 12.4 Å². The summed E-state index contributed by atoms with van der Waals surface area (Å²) < 4.78 is 11.8. The van der Waals surface area contributed by atoms with Crippen LogP contribution in [0.4, 0.5) is 0 Å². The van der Waals surface area contributed by atoms with Crippen LogP contribution in [0.5, 0.6) is 11.5 Å². The fraction of sp³-hybridized carbons (Fsp3) is 0.538. The SMILES string of the molecule is CC/C=C\CCCCOc1ccc(-c2ncc(O[C@@H](C)CCCCCC)cn2)cc1. The van der Waals surface area contributed by atoms with E-state index >= 15 is 0 Å². The zero-order chi connectivity index (χ0) is 21.4. The fourth-order valence-electron chi connectivity index (χ4n) is 3.21. The Balaban J connectivity index is 1.74. The molecule has 164 valence electrons. The molecule has 0 aliphatic rings. The smallest absolute Gasteiger partial charge is 0.159 e. The summed E-state index contributed by atoms with van der Waals surface area (Å²) in [5.74, 6) is 2.32. The van der Waals surface area contributed by atoms with Crippen LogP contribution in [-0.2, 0) is 0 Å². The second-order valence-corrected chi connectivity index (χ2v) is 7.77. The van der Waals surface area contributed by atoms with Gasteiger partial charge in [0.25, 0.3) is 0 Å². The van der Waals surface area contributed by atoms with E-state index in [0.29, 0.717) is 5.82 Å². The van der Waals surface area contributed by atoms with Gasteiger partial charge in [-0.05, 0) is 69.7 Å². The van der Waals surface area contributed by atoms with Crippen LogP contribution < -0.4 is 9.47 Å². The lowest BCUT2D eigenvalue weighted by Crippen LogP contribution is -2.12. The summed E-state index contributed by atoms with van der Waals surface area (Å²) in [6, 6.07) is 7.98. The number of benzene rings is 1. The van der Waals surface area contributed by atoms with E-state index in [-0.39, 0.29) is 6.10 Å². The minimum atomic E-state index is 0.190. The van der Waals surface area contributed by atoms with Crippen LogP contribution >= 0.6 is 0 Å². The normalized spacial score (nSPS) is 12.2. The van der Waals surface area contributed by atoms with Crippen LogP contribution in [0.15, 0.2) is 48.8 Å². The molecular formula is C26H38N2O2. The molecule has 0 saturated carbocycles. The molecule has 4 heteroatoms. The van der Waals surface area contributed by atoms with Crippen LogP contribution in [0.3, 0.4) is 0 Å². The van der Waals surface area contributed by atoms with E-state index < -0.39 is 0 Å². The quantitative estimate of drug-likeness (QED) is 0.227. The van der Waals surface area contributed by atoms with E-state index in [4.69, 9.17) is 9.47 Å². The molecule has 4 nitrogen and oxygen atoms in total. The molecule has 0 spiro atoms. The Hall–Kier alpha value is -2.36. The molecule has 2 aromatic rings. The molecule has 0 unspecified atom stereocenters. The van der Waals surface area contributed by atoms with E-state index in [1.165, 1.54) is 25.7 Å².